The number of aromatic nitrogens is 1. The number of aromatic amines is 1. The summed E-state index contributed by atoms with van der Waals surface area (Å²) in [5.41, 5.74) is 0.305. The smallest absolute Gasteiger partial charge is 0.480 e. The van der Waals surface area contributed by atoms with E-state index in [2.05, 4.69) is 15.0 Å². The SMILES string of the molecule is CC(C)C(NC(=O)c1cc2ccc(OC(F)(F)F)cc2[nH]1)C(=O)O. The molecule has 3 N–H and O–H groups in total. The van der Waals surface area contributed by atoms with Crippen LogP contribution in [0.4, 0.5) is 13.2 Å². The molecule has 1 amide bonds. The maximum Gasteiger partial charge on any atom is 0.573 e. The van der Waals surface area contributed by atoms with Gasteiger partial charge in [0, 0.05) is 17.0 Å². The van der Waals surface area contributed by atoms with Gasteiger partial charge in [-0.25, -0.2) is 4.79 Å². The van der Waals surface area contributed by atoms with E-state index in [1.807, 2.05) is 0 Å². The average Bonchev–Trinajstić information content (AvgIpc) is 2.85. The first-order chi connectivity index (χ1) is 11.1. The van der Waals surface area contributed by atoms with Gasteiger partial charge in [-0.3, -0.25) is 4.79 Å². The number of carboxylic acids is 1. The highest BCUT2D eigenvalue weighted by atomic mass is 19.4. The Balaban J connectivity index is 2.23. The minimum Gasteiger partial charge on any atom is -0.480 e. The molecule has 0 spiro atoms. The molecule has 1 aromatic carbocycles. The molecule has 1 aromatic heterocycles. The molecule has 24 heavy (non-hydrogen) atoms. The molecular formula is C15H15F3N2O4. The Morgan fingerprint density at radius 3 is 2.46 bits per heavy atom. The number of carbonyl (C=O) groups excluding carboxylic acids is 1. The number of H-pyrrole nitrogens is 1. The second-order valence-corrected chi connectivity index (χ2v) is 5.51. The van der Waals surface area contributed by atoms with E-state index in [-0.39, 0.29) is 17.1 Å². The van der Waals surface area contributed by atoms with Gasteiger partial charge in [0.2, 0.25) is 0 Å². The lowest BCUT2D eigenvalue weighted by Gasteiger charge is -2.17. The van der Waals surface area contributed by atoms with Crippen molar-refractivity contribution in [2.75, 3.05) is 0 Å². The standard InChI is InChI=1S/C15H15F3N2O4/c1-7(2)12(14(22)23)20-13(21)11-5-8-3-4-9(6-10(8)19-11)24-15(16,17)18/h3-7,12,19H,1-2H3,(H,20,21)(H,22,23). The van der Waals surface area contributed by atoms with Crippen LogP contribution in [-0.4, -0.2) is 34.4 Å². The third kappa shape index (κ3) is 4.18. The largest absolute Gasteiger partial charge is 0.573 e. The molecule has 0 fully saturated rings. The van der Waals surface area contributed by atoms with E-state index in [0.29, 0.717) is 5.39 Å². The summed E-state index contributed by atoms with van der Waals surface area (Å²) >= 11 is 0. The van der Waals surface area contributed by atoms with Crippen LogP contribution < -0.4 is 10.1 Å². The monoisotopic (exact) mass is 344 g/mol. The number of carbonyl (C=O) groups is 2. The quantitative estimate of drug-likeness (QED) is 0.778. The number of hydrogen-bond acceptors (Lipinski definition) is 3. The number of hydrogen-bond donors (Lipinski definition) is 3. The molecule has 6 nitrogen and oxygen atoms in total. The van der Waals surface area contributed by atoms with Crippen LogP contribution in [0.2, 0.25) is 0 Å². The predicted octanol–water partition coefficient (Wildman–Crippen LogP) is 2.91. The van der Waals surface area contributed by atoms with E-state index in [1.54, 1.807) is 13.8 Å². The van der Waals surface area contributed by atoms with Gasteiger partial charge in [0.05, 0.1) is 0 Å². The molecule has 0 radical (unpaired) electrons. The number of fused-ring (bicyclic) bond motifs is 1. The zero-order valence-electron chi connectivity index (χ0n) is 12.8. The fraction of sp³-hybridized carbons (Fsp3) is 0.333. The predicted molar refractivity (Wildman–Crippen MR) is 78.7 cm³/mol. The van der Waals surface area contributed by atoms with E-state index in [1.165, 1.54) is 12.1 Å². The highest BCUT2D eigenvalue weighted by Crippen LogP contribution is 2.26. The molecule has 0 saturated heterocycles. The third-order valence-electron chi connectivity index (χ3n) is 3.29. The number of benzene rings is 1. The van der Waals surface area contributed by atoms with Crippen molar-refractivity contribution in [2.45, 2.75) is 26.3 Å². The Bertz CT molecular complexity index is 768. The van der Waals surface area contributed by atoms with Gasteiger partial charge in [-0.2, -0.15) is 0 Å². The van der Waals surface area contributed by atoms with Crippen molar-refractivity contribution in [3.63, 3.8) is 0 Å². The van der Waals surface area contributed by atoms with Crippen LogP contribution in [0.5, 0.6) is 5.75 Å². The third-order valence-corrected chi connectivity index (χ3v) is 3.29. The van der Waals surface area contributed by atoms with Crippen molar-refractivity contribution in [3.8, 4) is 5.75 Å². The lowest BCUT2D eigenvalue weighted by Crippen LogP contribution is -2.44. The van der Waals surface area contributed by atoms with Gasteiger partial charge >= 0.3 is 12.3 Å². The summed E-state index contributed by atoms with van der Waals surface area (Å²) in [5, 5.41) is 11.9. The number of alkyl halides is 3. The van der Waals surface area contributed by atoms with Crippen LogP contribution in [0.15, 0.2) is 24.3 Å². The maximum absolute atomic E-state index is 12.2. The Morgan fingerprint density at radius 1 is 1.25 bits per heavy atom. The normalized spacial score (nSPS) is 13.1. The molecule has 2 aromatic rings. The van der Waals surface area contributed by atoms with E-state index in [9.17, 15) is 22.8 Å². The average molecular weight is 344 g/mol. The van der Waals surface area contributed by atoms with Gasteiger partial charge < -0.3 is 20.1 Å². The van der Waals surface area contributed by atoms with Gasteiger partial charge in [0.25, 0.3) is 5.91 Å². The van der Waals surface area contributed by atoms with Gasteiger partial charge in [0.1, 0.15) is 17.5 Å². The minimum atomic E-state index is -4.81. The summed E-state index contributed by atoms with van der Waals surface area (Å²) in [7, 11) is 0. The molecule has 0 saturated carbocycles. The molecule has 2 rings (SSSR count). The van der Waals surface area contributed by atoms with Crippen LogP contribution in [-0.2, 0) is 4.79 Å². The Morgan fingerprint density at radius 2 is 1.92 bits per heavy atom. The zero-order valence-corrected chi connectivity index (χ0v) is 12.8. The van der Waals surface area contributed by atoms with Gasteiger partial charge in [-0.1, -0.05) is 13.8 Å². The lowest BCUT2D eigenvalue weighted by molar-refractivity contribution is -0.274. The Labute approximate surface area is 134 Å². The molecule has 0 aliphatic carbocycles. The van der Waals surface area contributed by atoms with Crippen molar-refractivity contribution in [3.05, 3.63) is 30.0 Å². The first-order valence-corrected chi connectivity index (χ1v) is 6.99. The van der Waals surface area contributed by atoms with Gasteiger partial charge in [0.15, 0.2) is 0 Å². The van der Waals surface area contributed by atoms with Gasteiger partial charge in [-0.15, -0.1) is 13.2 Å². The summed E-state index contributed by atoms with van der Waals surface area (Å²) < 4.78 is 40.5. The minimum absolute atomic E-state index is 0.0426. The summed E-state index contributed by atoms with van der Waals surface area (Å²) in [4.78, 5) is 25.9. The maximum atomic E-state index is 12.2. The van der Waals surface area contributed by atoms with Crippen LogP contribution >= 0.6 is 0 Å². The highest BCUT2D eigenvalue weighted by molar-refractivity contribution is 5.99. The number of nitrogens with one attached hydrogen (secondary N) is 2. The summed E-state index contributed by atoms with van der Waals surface area (Å²) in [5.74, 6) is -2.59. The van der Waals surface area contributed by atoms with Crippen LogP contribution in [0.3, 0.4) is 0 Å². The van der Waals surface area contributed by atoms with E-state index < -0.39 is 30.0 Å². The van der Waals surface area contributed by atoms with Crippen molar-refractivity contribution in [2.24, 2.45) is 5.92 Å². The zero-order chi connectivity index (χ0) is 18.1. The van der Waals surface area contributed by atoms with E-state index >= 15 is 0 Å². The Hall–Kier alpha value is -2.71. The molecule has 0 bridgehead atoms. The number of amides is 1. The molecule has 9 heteroatoms. The topological polar surface area (TPSA) is 91.4 Å². The van der Waals surface area contributed by atoms with Crippen LogP contribution in [0.25, 0.3) is 10.9 Å². The molecular weight excluding hydrogens is 329 g/mol. The van der Waals surface area contributed by atoms with E-state index in [0.717, 1.165) is 12.1 Å². The van der Waals surface area contributed by atoms with Crippen LogP contribution in [0, 0.1) is 5.92 Å². The summed E-state index contributed by atoms with van der Waals surface area (Å²) in [6, 6.07) is 3.94. The van der Waals surface area contributed by atoms with Crippen molar-refractivity contribution in [1.29, 1.82) is 0 Å². The second-order valence-electron chi connectivity index (χ2n) is 5.51. The first-order valence-electron chi connectivity index (χ1n) is 6.99. The highest BCUT2D eigenvalue weighted by Gasteiger charge is 2.31. The van der Waals surface area contributed by atoms with E-state index in [4.69, 9.17) is 5.11 Å². The van der Waals surface area contributed by atoms with Crippen molar-refractivity contribution < 1.29 is 32.6 Å². The van der Waals surface area contributed by atoms with Crippen molar-refractivity contribution in [1.82, 2.24) is 10.3 Å². The number of carboxylic acid groups (broad SMARTS) is 1. The van der Waals surface area contributed by atoms with Gasteiger partial charge in [-0.05, 0) is 24.1 Å². The lowest BCUT2D eigenvalue weighted by atomic mass is 10.0. The number of ether oxygens (including phenoxy) is 1. The second kappa shape index (κ2) is 6.42. The summed E-state index contributed by atoms with van der Waals surface area (Å²) in [6.07, 6.45) is -4.81. The molecule has 130 valence electrons. The summed E-state index contributed by atoms with van der Waals surface area (Å²) in [6.45, 7) is 3.29. The molecule has 0 aliphatic rings. The molecule has 1 unspecified atom stereocenters. The Kier molecular flexibility index (Phi) is 4.72. The molecule has 0 aliphatic heterocycles. The number of halogens is 3. The number of rotatable bonds is 5. The first kappa shape index (κ1) is 17.6. The molecule has 1 heterocycles. The molecule has 1 atom stereocenters. The fourth-order valence-corrected chi connectivity index (χ4v) is 2.16. The fourth-order valence-electron chi connectivity index (χ4n) is 2.16. The van der Waals surface area contributed by atoms with Crippen molar-refractivity contribution >= 4 is 22.8 Å². The number of aliphatic carboxylic acids is 1. The van der Waals surface area contributed by atoms with Crippen LogP contribution in [0.1, 0.15) is 24.3 Å².